The lowest BCUT2D eigenvalue weighted by atomic mass is 10.3. The van der Waals surface area contributed by atoms with Gasteiger partial charge in [0, 0.05) is 0 Å². The first-order chi connectivity index (χ1) is 10.9. The summed E-state index contributed by atoms with van der Waals surface area (Å²) in [4.78, 5) is 16.3. The van der Waals surface area contributed by atoms with Crippen LogP contribution in [0.5, 0.6) is 5.75 Å². The Balaban J connectivity index is 1.83. The van der Waals surface area contributed by atoms with Gasteiger partial charge in [-0.05, 0) is 50.1 Å². The first kappa shape index (κ1) is 16.3. The van der Waals surface area contributed by atoms with Crippen molar-refractivity contribution in [2.75, 3.05) is 5.32 Å². The number of nitrogens with zero attached hydrogens (tertiary/aromatic N) is 2. The zero-order valence-corrected chi connectivity index (χ0v) is 14.9. The van der Waals surface area contributed by atoms with Crippen molar-refractivity contribution in [3.63, 3.8) is 0 Å². The number of thiazole rings is 1. The Morgan fingerprint density at radius 3 is 2.83 bits per heavy atom. The lowest BCUT2D eigenvalue weighted by Crippen LogP contribution is -2.12. The summed E-state index contributed by atoms with van der Waals surface area (Å²) in [6, 6.07) is 4.37. The number of rotatable bonds is 4. The highest BCUT2D eigenvalue weighted by atomic mass is 79.9. The summed E-state index contributed by atoms with van der Waals surface area (Å²) in [5.41, 5.74) is 0.729. The Kier molecular flexibility index (Phi) is 4.60. The Morgan fingerprint density at radius 2 is 2.17 bits per heavy atom. The topological polar surface area (TPSA) is 79.9 Å². The van der Waals surface area contributed by atoms with Crippen molar-refractivity contribution in [1.29, 1.82) is 0 Å². The molecule has 0 aliphatic rings. The van der Waals surface area contributed by atoms with Gasteiger partial charge in [-0.2, -0.15) is 13.9 Å². The summed E-state index contributed by atoms with van der Waals surface area (Å²) in [7, 11) is 0. The minimum Gasteiger partial charge on any atom is -0.435 e. The number of carbonyl (C=O) groups is 1. The third kappa shape index (κ3) is 3.51. The second-order valence-electron chi connectivity index (χ2n) is 4.18. The highest BCUT2D eigenvalue weighted by molar-refractivity contribution is 9.13. The van der Waals surface area contributed by atoms with E-state index in [4.69, 9.17) is 0 Å². The number of hydrogen-bond donors (Lipinski definition) is 2. The SMILES string of the molecule is O=C(Nc1nc2ccc(OC(F)F)cc2s1)c1n[nH]c(Br)c1Br. The van der Waals surface area contributed by atoms with Gasteiger partial charge < -0.3 is 4.74 Å². The van der Waals surface area contributed by atoms with Crippen LogP contribution in [0.15, 0.2) is 27.3 Å². The molecule has 0 aliphatic carbocycles. The number of fused-ring (bicyclic) bond motifs is 1. The molecule has 0 saturated carbocycles. The highest BCUT2D eigenvalue weighted by Gasteiger charge is 2.18. The van der Waals surface area contributed by atoms with Gasteiger partial charge in [-0.25, -0.2) is 4.98 Å². The molecule has 0 atom stereocenters. The highest BCUT2D eigenvalue weighted by Crippen LogP contribution is 2.31. The number of nitrogens with one attached hydrogen (secondary N) is 2. The second kappa shape index (κ2) is 6.49. The number of anilines is 1. The summed E-state index contributed by atoms with van der Waals surface area (Å²) in [5.74, 6) is -0.421. The summed E-state index contributed by atoms with van der Waals surface area (Å²) < 4.78 is 30.4. The van der Waals surface area contributed by atoms with Crippen LogP contribution in [0.4, 0.5) is 13.9 Å². The summed E-state index contributed by atoms with van der Waals surface area (Å²) in [5, 5.41) is 9.40. The van der Waals surface area contributed by atoms with E-state index in [0.717, 1.165) is 11.3 Å². The molecule has 2 heterocycles. The minimum atomic E-state index is -2.89. The van der Waals surface area contributed by atoms with Gasteiger partial charge >= 0.3 is 6.61 Å². The lowest BCUT2D eigenvalue weighted by molar-refractivity contribution is -0.0497. The molecule has 2 N–H and O–H groups in total. The zero-order chi connectivity index (χ0) is 16.6. The molecule has 23 heavy (non-hydrogen) atoms. The van der Waals surface area contributed by atoms with E-state index in [1.165, 1.54) is 12.1 Å². The van der Waals surface area contributed by atoms with E-state index in [2.05, 4.69) is 57.1 Å². The third-order valence-electron chi connectivity index (χ3n) is 2.69. The molecule has 0 saturated heterocycles. The quantitative estimate of drug-likeness (QED) is 0.596. The fourth-order valence-electron chi connectivity index (χ4n) is 1.75. The number of carbonyl (C=O) groups excluding carboxylic acids is 1. The molecular weight excluding hydrogens is 462 g/mol. The molecular formula is C12H6Br2F2N4O2S. The van der Waals surface area contributed by atoms with Gasteiger partial charge in [-0.3, -0.25) is 15.2 Å². The van der Waals surface area contributed by atoms with Crippen molar-refractivity contribution in [1.82, 2.24) is 15.2 Å². The fraction of sp³-hybridized carbons (Fsp3) is 0.0833. The van der Waals surface area contributed by atoms with E-state index in [9.17, 15) is 13.6 Å². The molecule has 0 bridgehead atoms. The van der Waals surface area contributed by atoms with E-state index >= 15 is 0 Å². The Morgan fingerprint density at radius 1 is 1.39 bits per heavy atom. The number of ether oxygens (including phenoxy) is 1. The standard InChI is InChI=1S/C12H6Br2F2N4O2S/c13-7-8(19-20-9(7)14)10(21)18-12-17-5-2-1-4(22-11(15)16)3-6(5)23-12/h1-3,11H,(H,19,20)(H,17,18,21). The van der Waals surface area contributed by atoms with Crippen LogP contribution in [0.1, 0.15) is 10.5 Å². The van der Waals surface area contributed by atoms with Crippen LogP contribution < -0.4 is 10.1 Å². The van der Waals surface area contributed by atoms with Crippen molar-refractivity contribution in [2.24, 2.45) is 0 Å². The molecule has 1 aromatic carbocycles. The number of alkyl halides is 2. The number of aromatic nitrogens is 3. The number of hydrogen-bond acceptors (Lipinski definition) is 5. The van der Waals surface area contributed by atoms with Gasteiger partial charge in [-0.15, -0.1) is 0 Å². The number of aromatic amines is 1. The molecule has 1 amide bonds. The van der Waals surface area contributed by atoms with E-state index in [0.29, 0.717) is 24.4 Å². The molecule has 3 rings (SSSR count). The first-order valence-corrected chi connectivity index (χ1v) is 8.40. The average molecular weight is 468 g/mol. The van der Waals surface area contributed by atoms with Crippen LogP contribution in [0, 0.1) is 0 Å². The third-order valence-corrected chi connectivity index (χ3v) is 5.50. The number of benzene rings is 1. The first-order valence-electron chi connectivity index (χ1n) is 6.00. The van der Waals surface area contributed by atoms with Gasteiger partial charge in [0.15, 0.2) is 10.8 Å². The maximum atomic E-state index is 12.2. The van der Waals surface area contributed by atoms with Crippen molar-refractivity contribution in [3.8, 4) is 5.75 Å². The minimum absolute atomic E-state index is 0.0352. The largest absolute Gasteiger partial charge is 0.435 e. The molecule has 2 aromatic heterocycles. The van der Waals surface area contributed by atoms with Gasteiger partial charge in [0.05, 0.1) is 14.7 Å². The van der Waals surface area contributed by atoms with Crippen molar-refractivity contribution in [3.05, 3.63) is 33.0 Å². The monoisotopic (exact) mass is 466 g/mol. The molecule has 0 radical (unpaired) electrons. The zero-order valence-electron chi connectivity index (χ0n) is 10.9. The summed E-state index contributed by atoms with van der Waals surface area (Å²) in [6.07, 6.45) is 0. The predicted octanol–water partition coefficient (Wildman–Crippen LogP) is 4.40. The molecule has 0 aliphatic heterocycles. The van der Waals surface area contributed by atoms with Crippen LogP contribution in [0.2, 0.25) is 0 Å². The molecule has 120 valence electrons. The Labute approximate surface area is 148 Å². The maximum Gasteiger partial charge on any atom is 0.387 e. The summed E-state index contributed by atoms with van der Waals surface area (Å²) >= 11 is 7.56. The molecule has 0 spiro atoms. The molecule has 11 heteroatoms. The maximum absolute atomic E-state index is 12.2. The smallest absolute Gasteiger partial charge is 0.387 e. The van der Waals surface area contributed by atoms with E-state index in [1.54, 1.807) is 6.07 Å². The van der Waals surface area contributed by atoms with Crippen LogP contribution in [0.25, 0.3) is 10.2 Å². The lowest BCUT2D eigenvalue weighted by Gasteiger charge is -2.02. The van der Waals surface area contributed by atoms with Crippen LogP contribution >= 0.6 is 43.2 Å². The molecule has 6 nitrogen and oxygen atoms in total. The normalized spacial score (nSPS) is 11.2. The van der Waals surface area contributed by atoms with Crippen LogP contribution in [-0.4, -0.2) is 27.7 Å². The number of H-pyrrole nitrogens is 1. The second-order valence-corrected chi connectivity index (χ2v) is 6.80. The van der Waals surface area contributed by atoms with Crippen molar-refractivity contribution in [2.45, 2.75) is 6.61 Å². The van der Waals surface area contributed by atoms with Gasteiger partial charge in [-0.1, -0.05) is 11.3 Å². The van der Waals surface area contributed by atoms with E-state index < -0.39 is 12.5 Å². The average Bonchev–Trinajstić information content (AvgIpc) is 3.01. The fourth-order valence-corrected chi connectivity index (χ4v) is 3.27. The van der Waals surface area contributed by atoms with E-state index in [-0.39, 0.29) is 11.4 Å². The van der Waals surface area contributed by atoms with Gasteiger partial charge in [0.25, 0.3) is 5.91 Å². The van der Waals surface area contributed by atoms with Crippen LogP contribution in [0.3, 0.4) is 0 Å². The Hall–Kier alpha value is -1.59. The predicted molar refractivity (Wildman–Crippen MR) is 88.2 cm³/mol. The molecule has 0 unspecified atom stereocenters. The van der Waals surface area contributed by atoms with Crippen LogP contribution in [-0.2, 0) is 0 Å². The van der Waals surface area contributed by atoms with Gasteiger partial charge in [0.1, 0.15) is 10.4 Å². The van der Waals surface area contributed by atoms with Crippen molar-refractivity contribution >= 4 is 64.5 Å². The Bertz CT molecular complexity index is 883. The van der Waals surface area contributed by atoms with E-state index in [1.807, 2.05) is 0 Å². The number of halogens is 4. The molecule has 0 fully saturated rings. The van der Waals surface area contributed by atoms with Crippen molar-refractivity contribution < 1.29 is 18.3 Å². The summed E-state index contributed by atoms with van der Waals surface area (Å²) in [6.45, 7) is -2.89. The number of amides is 1. The van der Waals surface area contributed by atoms with Gasteiger partial charge in [0.2, 0.25) is 0 Å². The molecule has 3 aromatic rings.